The number of aryl methyl sites for hydroxylation is 2. The van der Waals surface area contributed by atoms with E-state index < -0.39 is 5.97 Å². The normalized spacial score (nSPS) is 10.3. The van der Waals surface area contributed by atoms with E-state index in [0.29, 0.717) is 10.6 Å². The number of carbonyl (C=O) groups excluding carboxylic acids is 1. The summed E-state index contributed by atoms with van der Waals surface area (Å²) in [5.74, 6) is -1.32. The number of thiophene rings is 1. The van der Waals surface area contributed by atoms with Crippen molar-refractivity contribution in [2.24, 2.45) is 0 Å². The summed E-state index contributed by atoms with van der Waals surface area (Å²) in [4.78, 5) is 26.3. The average molecular weight is 289 g/mol. The lowest BCUT2D eigenvalue weighted by molar-refractivity contribution is -0.135. The van der Waals surface area contributed by atoms with Crippen LogP contribution in [0.5, 0.6) is 0 Å². The van der Waals surface area contributed by atoms with Crippen LogP contribution < -0.4 is 4.90 Å². The van der Waals surface area contributed by atoms with Gasteiger partial charge in [-0.3, -0.25) is 14.5 Å². The molecule has 20 heavy (non-hydrogen) atoms. The first kappa shape index (κ1) is 14.3. The predicted octanol–water partition coefficient (Wildman–Crippen LogP) is 3.10. The smallest absolute Gasteiger partial charge is 0.323 e. The number of anilines is 1. The zero-order valence-electron chi connectivity index (χ0n) is 11.3. The maximum atomic E-state index is 12.5. The third-order valence-electron chi connectivity index (χ3n) is 2.84. The fourth-order valence-electron chi connectivity index (χ4n) is 1.82. The van der Waals surface area contributed by atoms with E-state index in [9.17, 15) is 9.59 Å². The highest BCUT2D eigenvalue weighted by atomic mass is 32.1. The highest BCUT2D eigenvalue weighted by molar-refractivity contribution is 7.14. The van der Waals surface area contributed by atoms with Crippen LogP contribution in [0.4, 0.5) is 5.69 Å². The Morgan fingerprint density at radius 2 is 1.75 bits per heavy atom. The molecule has 5 heteroatoms. The van der Waals surface area contributed by atoms with E-state index in [1.54, 1.807) is 18.2 Å². The van der Waals surface area contributed by atoms with Gasteiger partial charge in [-0.05, 0) is 38.1 Å². The highest BCUT2D eigenvalue weighted by Gasteiger charge is 2.21. The Kier molecular flexibility index (Phi) is 4.20. The average Bonchev–Trinajstić information content (AvgIpc) is 2.83. The molecule has 0 spiro atoms. The number of hydrogen-bond acceptors (Lipinski definition) is 3. The van der Waals surface area contributed by atoms with E-state index in [2.05, 4.69) is 0 Å². The lowest BCUT2D eigenvalue weighted by Crippen LogP contribution is -2.35. The van der Waals surface area contributed by atoms with Gasteiger partial charge in [0.25, 0.3) is 5.91 Å². The number of rotatable bonds is 4. The van der Waals surface area contributed by atoms with Crippen LogP contribution in [-0.4, -0.2) is 23.5 Å². The lowest BCUT2D eigenvalue weighted by Gasteiger charge is -2.20. The van der Waals surface area contributed by atoms with Gasteiger partial charge in [-0.1, -0.05) is 17.7 Å². The Morgan fingerprint density at radius 1 is 1.10 bits per heavy atom. The Morgan fingerprint density at radius 3 is 2.25 bits per heavy atom. The molecule has 1 aromatic carbocycles. The number of carbonyl (C=O) groups is 2. The number of carboxylic acid groups (broad SMARTS) is 1. The quantitative estimate of drug-likeness (QED) is 0.941. The van der Waals surface area contributed by atoms with Crippen LogP contribution >= 0.6 is 11.3 Å². The zero-order chi connectivity index (χ0) is 14.7. The van der Waals surface area contributed by atoms with Crippen LogP contribution in [-0.2, 0) is 4.79 Å². The molecule has 0 atom stereocenters. The molecule has 2 rings (SSSR count). The van der Waals surface area contributed by atoms with Gasteiger partial charge in [0.05, 0.1) is 4.88 Å². The first-order valence-electron chi connectivity index (χ1n) is 6.14. The molecule has 2 aromatic rings. The van der Waals surface area contributed by atoms with Crippen LogP contribution in [0.1, 0.15) is 20.1 Å². The molecular formula is C15H15NO3S. The summed E-state index contributed by atoms with van der Waals surface area (Å²) >= 11 is 1.36. The van der Waals surface area contributed by atoms with Gasteiger partial charge in [-0.15, -0.1) is 11.3 Å². The fraction of sp³-hybridized carbons (Fsp3) is 0.200. The molecule has 0 aliphatic rings. The molecule has 4 nitrogen and oxygen atoms in total. The van der Waals surface area contributed by atoms with E-state index >= 15 is 0 Å². The van der Waals surface area contributed by atoms with E-state index in [0.717, 1.165) is 10.4 Å². The van der Waals surface area contributed by atoms with Gasteiger partial charge < -0.3 is 5.11 Å². The Balaban J connectivity index is 2.34. The minimum absolute atomic E-state index is 0.283. The van der Waals surface area contributed by atoms with E-state index in [4.69, 9.17) is 5.11 Å². The van der Waals surface area contributed by atoms with Crippen molar-refractivity contribution in [3.63, 3.8) is 0 Å². The van der Waals surface area contributed by atoms with Crippen LogP contribution in [0, 0.1) is 13.8 Å². The van der Waals surface area contributed by atoms with Gasteiger partial charge in [-0.25, -0.2) is 0 Å². The van der Waals surface area contributed by atoms with Crippen LogP contribution in [0.2, 0.25) is 0 Å². The number of benzene rings is 1. The van der Waals surface area contributed by atoms with Crippen molar-refractivity contribution < 1.29 is 14.7 Å². The second-order valence-corrected chi connectivity index (χ2v) is 5.82. The molecule has 0 aliphatic carbocycles. The third-order valence-corrected chi connectivity index (χ3v) is 3.82. The number of nitrogens with zero attached hydrogens (tertiary/aromatic N) is 1. The maximum Gasteiger partial charge on any atom is 0.323 e. The van der Waals surface area contributed by atoms with Gasteiger partial charge in [0.1, 0.15) is 6.54 Å². The van der Waals surface area contributed by atoms with Crippen LogP contribution in [0.15, 0.2) is 36.4 Å². The largest absolute Gasteiger partial charge is 0.480 e. The molecule has 1 heterocycles. The minimum Gasteiger partial charge on any atom is -0.480 e. The van der Waals surface area contributed by atoms with Gasteiger partial charge >= 0.3 is 5.97 Å². The number of hydrogen-bond donors (Lipinski definition) is 1. The predicted molar refractivity (Wildman–Crippen MR) is 79.5 cm³/mol. The first-order valence-corrected chi connectivity index (χ1v) is 6.96. The van der Waals surface area contributed by atoms with Crippen molar-refractivity contribution in [3.05, 3.63) is 51.7 Å². The van der Waals surface area contributed by atoms with Gasteiger partial charge in [0, 0.05) is 10.6 Å². The zero-order valence-corrected chi connectivity index (χ0v) is 12.1. The topological polar surface area (TPSA) is 57.6 Å². The van der Waals surface area contributed by atoms with Crippen LogP contribution in [0.3, 0.4) is 0 Å². The Labute approximate surface area is 121 Å². The number of carboxylic acids is 1. The molecule has 0 unspecified atom stereocenters. The standard InChI is InChI=1S/C15H15NO3S/c1-10-3-6-12(7-4-10)16(9-14(17)18)15(19)13-8-5-11(2)20-13/h3-8H,9H2,1-2H3,(H,17,18). The SMILES string of the molecule is Cc1ccc(N(CC(=O)O)C(=O)c2ccc(C)s2)cc1. The van der Waals surface area contributed by atoms with E-state index in [1.807, 2.05) is 32.0 Å². The monoisotopic (exact) mass is 289 g/mol. The van der Waals surface area contributed by atoms with E-state index in [1.165, 1.54) is 16.2 Å². The van der Waals surface area contributed by atoms with Crippen molar-refractivity contribution in [1.29, 1.82) is 0 Å². The summed E-state index contributed by atoms with van der Waals surface area (Å²) in [5, 5.41) is 9.01. The van der Waals surface area contributed by atoms with Gasteiger partial charge in [0.15, 0.2) is 0 Å². The summed E-state index contributed by atoms with van der Waals surface area (Å²) in [7, 11) is 0. The molecule has 0 saturated carbocycles. The summed E-state index contributed by atoms with van der Waals surface area (Å²) in [6.45, 7) is 3.50. The van der Waals surface area contributed by atoms with Crippen molar-refractivity contribution >= 4 is 28.9 Å². The molecule has 0 bridgehead atoms. The Hall–Kier alpha value is -2.14. The fourth-order valence-corrected chi connectivity index (χ4v) is 2.64. The van der Waals surface area contributed by atoms with Crippen molar-refractivity contribution in [2.75, 3.05) is 11.4 Å². The molecule has 0 saturated heterocycles. The summed E-state index contributed by atoms with van der Waals surface area (Å²) in [6, 6.07) is 10.8. The summed E-state index contributed by atoms with van der Waals surface area (Å²) < 4.78 is 0. The molecule has 0 radical (unpaired) electrons. The van der Waals surface area contributed by atoms with Gasteiger partial charge in [-0.2, -0.15) is 0 Å². The Bertz CT molecular complexity index is 631. The second-order valence-electron chi connectivity index (χ2n) is 4.53. The molecule has 1 amide bonds. The maximum absolute atomic E-state index is 12.5. The second kappa shape index (κ2) is 5.88. The molecule has 0 fully saturated rings. The van der Waals surface area contributed by atoms with Crippen molar-refractivity contribution in [3.8, 4) is 0 Å². The first-order chi connectivity index (χ1) is 9.47. The molecule has 1 N–H and O–H groups in total. The lowest BCUT2D eigenvalue weighted by atomic mass is 10.2. The number of amides is 1. The number of aliphatic carboxylic acids is 1. The van der Waals surface area contributed by atoms with Crippen molar-refractivity contribution in [2.45, 2.75) is 13.8 Å². The van der Waals surface area contributed by atoms with Crippen molar-refractivity contribution in [1.82, 2.24) is 0 Å². The molecular weight excluding hydrogens is 274 g/mol. The summed E-state index contributed by atoms with van der Waals surface area (Å²) in [5.41, 5.74) is 1.65. The van der Waals surface area contributed by atoms with Gasteiger partial charge in [0.2, 0.25) is 0 Å². The summed E-state index contributed by atoms with van der Waals surface area (Å²) in [6.07, 6.45) is 0. The molecule has 104 valence electrons. The minimum atomic E-state index is -1.03. The third kappa shape index (κ3) is 3.24. The van der Waals surface area contributed by atoms with E-state index in [-0.39, 0.29) is 12.5 Å². The van der Waals surface area contributed by atoms with Crippen LogP contribution in [0.25, 0.3) is 0 Å². The molecule has 0 aliphatic heterocycles. The molecule has 1 aromatic heterocycles. The highest BCUT2D eigenvalue weighted by Crippen LogP contribution is 2.22.